The van der Waals surface area contributed by atoms with Crippen molar-refractivity contribution in [3.05, 3.63) is 52.9 Å². The number of nitrogens with zero attached hydrogens (tertiary/aromatic N) is 3. The number of carbonyl (C=O) groups is 1. The minimum absolute atomic E-state index is 0.0714. The molecule has 0 saturated carbocycles. The number of aryl methyl sites for hydroxylation is 1. The average molecular weight is 435 g/mol. The van der Waals surface area contributed by atoms with E-state index in [4.69, 9.17) is 4.74 Å². The molecule has 32 heavy (non-hydrogen) atoms. The van der Waals surface area contributed by atoms with E-state index in [2.05, 4.69) is 59.8 Å². The van der Waals surface area contributed by atoms with Gasteiger partial charge < -0.3 is 19.5 Å². The highest BCUT2D eigenvalue weighted by Crippen LogP contribution is 2.23. The van der Waals surface area contributed by atoms with Gasteiger partial charge in [0.05, 0.1) is 7.11 Å². The van der Waals surface area contributed by atoms with Crippen LogP contribution in [0.1, 0.15) is 43.6 Å². The lowest BCUT2D eigenvalue weighted by Crippen LogP contribution is -2.45. The molecule has 1 aromatic heterocycles. The summed E-state index contributed by atoms with van der Waals surface area (Å²) < 4.78 is 7.47. The van der Waals surface area contributed by atoms with Crippen molar-refractivity contribution in [2.24, 2.45) is 5.92 Å². The standard InChI is InChI=1S/C26H34N4O2/c1-18(2)17-30-19(3)14-21(20(30)4)15-22(16-27)26(31)28-23-10-12-29(13-11-23)24-6-8-25(32-5)9-7-24/h6-9,14-15,18,23H,10-13,17H2,1-5H3,(H,28,31)/b22-15+. The summed E-state index contributed by atoms with van der Waals surface area (Å²) >= 11 is 0. The Hall–Kier alpha value is -3.20. The molecular formula is C26H34N4O2. The van der Waals surface area contributed by atoms with Crippen LogP contribution in [0.5, 0.6) is 5.75 Å². The highest BCUT2D eigenvalue weighted by molar-refractivity contribution is 6.02. The first-order valence-electron chi connectivity index (χ1n) is 11.3. The molecule has 0 unspecified atom stereocenters. The number of rotatable bonds is 7. The first-order valence-corrected chi connectivity index (χ1v) is 11.3. The minimum atomic E-state index is -0.288. The maximum atomic E-state index is 12.8. The van der Waals surface area contributed by atoms with E-state index in [1.807, 2.05) is 19.1 Å². The fraction of sp³-hybridized carbons (Fsp3) is 0.462. The van der Waals surface area contributed by atoms with Gasteiger partial charge in [-0.25, -0.2) is 0 Å². The molecular weight excluding hydrogens is 400 g/mol. The molecule has 1 saturated heterocycles. The van der Waals surface area contributed by atoms with E-state index in [1.165, 1.54) is 0 Å². The first kappa shape index (κ1) is 23.5. The van der Waals surface area contributed by atoms with Crippen molar-refractivity contribution < 1.29 is 9.53 Å². The molecule has 2 heterocycles. The fourth-order valence-corrected chi connectivity index (χ4v) is 4.26. The van der Waals surface area contributed by atoms with Crippen molar-refractivity contribution in [2.45, 2.75) is 53.1 Å². The number of nitriles is 1. The number of anilines is 1. The third-order valence-electron chi connectivity index (χ3n) is 6.09. The molecule has 0 aliphatic carbocycles. The van der Waals surface area contributed by atoms with Gasteiger partial charge in [0.15, 0.2) is 0 Å². The molecule has 1 N–H and O–H groups in total. The van der Waals surface area contributed by atoms with Gasteiger partial charge in [-0.05, 0) is 74.6 Å². The number of benzene rings is 1. The van der Waals surface area contributed by atoms with Gasteiger partial charge in [0.2, 0.25) is 0 Å². The van der Waals surface area contributed by atoms with E-state index in [-0.39, 0.29) is 17.5 Å². The lowest BCUT2D eigenvalue weighted by molar-refractivity contribution is -0.117. The van der Waals surface area contributed by atoms with Crippen LogP contribution < -0.4 is 15.0 Å². The highest BCUT2D eigenvalue weighted by atomic mass is 16.5. The van der Waals surface area contributed by atoms with Gasteiger partial charge >= 0.3 is 0 Å². The summed E-state index contributed by atoms with van der Waals surface area (Å²) in [7, 11) is 1.66. The van der Waals surface area contributed by atoms with Crippen molar-refractivity contribution in [1.82, 2.24) is 9.88 Å². The Bertz CT molecular complexity index is 1000. The molecule has 0 atom stereocenters. The molecule has 1 aliphatic rings. The van der Waals surface area contributed by atoms with Crippen molar-refractivity contribution in [3.8, 4) is 11.8 Å². The molecule has 6 nitrogen and oxygen atoms in total. The van der Waals surface area contributed by atoms with Crippen LogP contribution in [0.25, 0.3) is 6.08 Å². The van der Waals surface area contributed by atoms with Crippen LogP contribution in [0, 0.1) is 31.1 Å². The minimum Gasteiger partial charge on any atom is -0.497 e. The lowest BCUT2D eigenvalue weighted by atomic mass is 10.0. The fourth-order valence-electron chi connectivity index (χ4n) is 4.26. The lowest BCUT2D eigenvalue weighted by Gasteiger charge is -2.34. The van der Waals surface area contributed by atoms with E-state index in [9.17, 15) is 10.1 Å². The number of amides is 1. The maximum Gasteiger partial charge on any atom is 0.262 e. The van der Waals surface area contributed by atoms with Gasteiger partial charge in [-0.15, -0.1) is 0 Å². The van der Waals surface area contributed by atoms with Crippen LogP contribution >= 0.6 is 0 Å². The summed E-state index contributed by atoms with van der Waals surface area (Å²) in [5.74, 6) is 1.08. The number of aromatic nitrogens is 1. The van der Waals surface area contributed by atoms with Crippen LogP contribution in [0.15, 0.2) is 35.9 Å². The zero-order valence-corrected chi connectivity index (χ0v) is 19.8. The van der Waals surface area contributed by atoms with Gasteiger partial charge in [-0.2, -0.15) is 5.26 Å². The molecule has 1 fully saturated rings. The van der Waals surface area contributed by atoms with Crippen LogP contribution in [0.3, 0.4) is 0 Å². The largest absolute Gasteiger partial charge is 0.497 e. The molecule has 1 aliphatic heterocycles. The zero-order valence-electron chi connectivity index (χ0n) is 19.8. The van der Waals surface area contributed by atoms with Crippen LogP contribution in [-0.4, -0.2) is 36.7 Å². The van der Waals surface area contributed by atoms with Gasteiger partial charge in [0.1, 0.15) is 17.4 Å². The topological polar surface area (TPSA) is 70.3 Å². The monoisotopic (exact) mass is 434 g/mol. The number of carbonyl (C=O) groups excluding carboxylic acids is 1. The molecule has 6 heteroatoms. The SMILES string of the molecule is COc1ccc(N2CCC(NC(=O)/C(C#N)=C/c3cc(C)n(CC(C)C)c3C)CC2)cc1. The van der Waals surface area contributed by atoms with Crippen molar-refractivity contribution >= 4 is 17.7 Å². The average Bonchev–Trinajstić information content (AvgIpc) is 3.05. The van der Waals surface area contributed by atoms with E-state index >= 15 is 0 Å². The third-order valence-corrected chi connectivity index (χ3v) is 6.09. The van der Waals surface area contributed by atoms with Gasteiger partial charge in [0.25, 0.3) is 5.91 Å². The van der Waals surface area contributed by atoms with Crippen LogP contribution in [0.2, 0.25) is 0 Å². The number of ether oxygens (including phenoxy) is 1. The third kappa shape index (κ3) is 5.53. The Labute approximate surface area is 191 Å². The predicted octanol–water partition coefficient (Wildman–Crippen LogP) is 4.46. The number of methoxy groups -OCH3 is 1. The molecule has 0 spiro atoms. The Morgan fingerprint density at radius 2 is 1.91 bits per heavy atom. The predicted molar refractivity (Wildman–Crippen MR) is 129 cm³/mol. The summed E-state index contributed by atoms with van der Waals surface area (Å²) in [6.45, 7) is 11.1. The second kappa shape index (κ2) is 10.4. The summed E-state index contributed by atoms with van der Waals surface area (Å²) in [5, 5.41) is 12.7. The molecule has 1 aromatic carbocycles. The van der Waals surface area contributed by atoms with Gasteiger partial charge in [-0.1, -0.05) is 13.8 Å². The normalized spacial score (nSPS) is 15.0. The smallest absolute Gasteiger partial charge is 0.262 e. The van der Waals surface area contributed by atoms with Crippen molar-refractivity contribution in [2.75, 3.05) is 25.1 Å². The zero-order chi connectivity index (χ0) is 23.3. The van der Waals surface area contributed by atoms with Crippen LogP contribution in [0.4, 0.5) is 5.69 Å². The van der Waals surface area contributed by atoms with Crippen molar-refractivity contribution in [3.63, 3.8) is 0 Å². The van der Waals surface area contributed by atoms with Gasteiger partial charge in [-0.3, -0.25) is 4.79 Å². The number of nitrogens with one attached hydrogen (secondary N) is 1. The molecule has 1 amide bonds. The Balaban J connectivity index is 1.62. The molecule has 0 radical (unpaired) electrons. The highest BCUT2D eigenvalue weighted by Gasteiger charge is 2.22. The second-order valence-corrected chi connectivity index (χ2v) is 8.93. The Kier molecular flexibility index (Phi) is 7.63. The number of piperidine rings is 1. The molecule has 2 aromatic rings. The first-order chi connectivity index (χ1) is 15.3. The summed E-state index contributed by atoms with van der Waals surface area (Å²) in [6, 6.07) is 12.3. The summed E-state index contributed by atoms with van der Waals surface area (Å²) in [6.07, 6.45) is 3.42. The number of hydrogen-bond donors (Lipinski definition) is 1. The maximum absolute atomic E-state index is 12.8. The Morgan fingerprint density at radius 1 is 1.25 bits per heavy atom. The van der Waals surface area contributed by atoms with Crippen LogP contribution in [-0.2, 0) is 11.3 Å². The number of hydrogen-bond acceptors (Lipinski definition) is 4. The van der Waals surface area contributed by atoms with E-state index in [0.29, 0.717) is 5.92 Å². The van der Waals surface area contributed by atoms with Gasteiger partial charge in [0, 0.05) is 42.8 Å². The van der Waals surface area contributed by atoms with Crippen molar-refractivity contribution in [1.29, 1.82) is 5.26 Å². The van der Waals surface area contributed by atoms with E-state index in [1.54, 1.807) is 13.2 Å². The molecule has 170 valence electrons. The van der Waals surface area contributed by atoms with E-state index < -0.39 is 0 Å². The Morgan fingerprint density at radius 3 is 2.47 bits per heavy atom. The quantitative estimate of drug-likeness (QED) is 0.516. The summed E-state index contributed by atoms with van der Waals surface area (Å²) in [4.78, 5) is 15.1. The second-order valence-electron chi connectivity index (χ2n) is 8.93. The molecule has 0 bridgehead atoms. The van der Waals surface area contributed by atoms with E-state index in [0.717, 1.165) is 60.9 Å². The summed E-state index contributed by atoms with van der Waals surface area (Å²) in [5.41, 5.74) is 4.48. The molecule has 3 rings (SSSR count).